The number of likely N-dealkylation sites (N-methyl/N-ethyl adjacent to an activating group) is 1. The molecule has 9 heteroatoms. The van der Waals surface area contributed by atoms with E-state index in [4.69, 9.17) is 11.6 Å². The highest BCUT2D eigenvalue weighted by molar-refractivity contribution is 7.07. The third kappa shape index (κ3) is 4.97. The van der Waals surface area contributed by atoms with Gasteiger partial charge in [0.2, 0.25) is 5.91 Å². The zero-order valence-electron chi connectivity index (χ0n) is 15.0. The number of nitrogens with zero attached hydrogens (tertiary/aromatic N) is 4. The molecule has 27 heavy (non-hydrogen) atoms. The summed E-state index contributed by atoms with van der Waals surface area (Å²) < 4.78 is 0. The topological polar surface area (TPSA) is 69.9 Å². The Morgan fingerprint density at radius 1 is 1.30 bits per heavy atom. The molecule has 0 bridgehead atoms. The summed E-state index contributed by atoms with van der Waals surface area (Å²) in [5.41, 5.74) is 1.75. The second-order valence-corrected chi connectivity index (χ2v) is 7.78. The summed E-state index contributed by atoms with van der Waals surface area (Å²) in [6, 6.07) is 6.75. The van der Waals surface area contributed by atoms with Crippen molar-refractivity contribution in [1.29, 1.82) is 0 Å². The van der Waals surface area contributed by atoms with Crippen molar-refractivity contribution in [3.05, 3.63) is 55.7 Å². The minimum absolute atomic E-state index is 0.00206. The predicted molar refractivity (Wildman–Crippen MR) is 108 cm³/mol. The van der Waals surface area contributed by atoms with Crippen molar-refractivity contribution >= 4 is 40.2 Å². The molecule has 1 aliphatic rings. The molecule has 0 atom stereocenters. The predicted octanol–water partition coefficient (Wildman–Crippen LogP) is 3.09. The van der Waals surface area contributed by atoms with Crippen LogP contribution in [0.15, 0.2) is 35.0 Å². The molecule has 7 nitrogen and oxygen atoms in total. The fraction of sp³-hybridized carbons (Fsp3) is 0.389. The second kappa shape index (κ2) is 8.69. The Hall–Kier alpha value is -2.16. The van der Waals surface area contributed by atoms with Gasteiger partial charge < -0.3 is 9.80 Å². The summed E-state index contributed by atoms with van der Waals surface area (Å²) in [5, 5.41) is 15.7. The third-order valence-electron chi connectivity index (χ3n) is 4.54. The smallest absolute Gasteiger partial charge is 0.294 e. The van der Waals surface area contributed by atoms with E-state index >= 15 is 0 Å². The molecule has 144 valence electrons. The number of halogens is 1. The number of nitro benzene ring substituents is 1. The van der Waals surface area contributed by atoms with Crippen molar-refractivity contribution in [3.63, 3.8) is 0 Å². The van der Waals surface area contributed by atoms with Crippen LogP contribution in [0.5, 0.6) is 0 Å². The van der Waals surface area contributed by atoms with Crippen LogP contribution < -0.4 is 4.90 Å². The standard InChI is InChI=1S/C18H21ClN4O3S/c1-20(11-14-4-9-27-13-14)12-18(24)22-7-5-21(6-8-22)16-3-2-15(19)10-17(16)23(25)26/h2-4,9-10,13H,5-8,11-12H2,1H3. The number of rotatable bonds is 6. The van der Waals surface area contributed by atoms with Crippen LogP contribution in [-0.4, -0.2) is 60.4 Å². The first-order valence-corrected chi connectivity index (χ1v) is 9.92. The van der Waals surface area contributed by atoms with Crippen LogP contribution >= 0.6 is 22.9 Å². The molecule has 1 amide bonds. The van der Waals surface area contributed by atoms with Gasteiger partial charge in [0, 0.05) is 43.8 Å². The van der Waals surface area contributed by atoms with Crippen LogP contribution in [0.2, 0.25) is 5.02 Å². The van der Waals surface area contributed by atoms with Crippen molar-refractivity contribution in [1.82, 2.24) is 9.80 Å². The average molecular weight is 409 g/mol. The molecule has 1 aromatic carbocycles. The van der Waals surface area contributed by atoms with Gasteiger partial charge in [-0.25, -0.2) is 0 Å². The number of anilines is 1. The first-order chi connectivity index (χ1) is 12.9. The van der Waals surface area contributed by atoms with Gasteiger partial charge in [-0.05, 0) is 41.6 Å². The number of amides is 1. The van der Waals surface area contributed by atoms with Gasteiger partial charge >= 0.3 is 0 Å². The molecule has 0 N–H and O–H groups in total. The fourth-order valence-electron chi connectivity index (χ4n) is 3.19. The van der Waals surface area contributed by atoms with Gasteiger partial charge in [0.25, 0.3) is 5.69 Å². The molecule has 0 aliphatic carbocycles. The van der Waals surface area contributed by atoms with Gasteiger partial charge in [-0.15, -0.1) is 0 Å². The van der Waals surface area contributed by atoms with E-state index in [0.29, 0.717) is 43.4 Å². The van der Waals surface area contributed by atoms with Crippen molar-refractivity contribution in [2.24, 2.45) is 0 Å². The zero-order valence-corrected chi connectivity index (χ0v) is 16.6. The maximum absolute atomic E-state index is 12.5. The molecule has 1 aromatic heterocycles. The molecule has 2 aromatic rings. The van der Waals surface area contributed by atoms with Gasteiger partial charge in [0.05, 0.1) is 11.5 Å². The summed E-state index contributed by atoms with van der Waals surface area (Å²) in [6.07, 6.45) is 0. The Morgan fingerprint density at radius 3 is 2.67 bits per heavy atom. The molecule has 0 unspecified atom stereocenters. The van der Waals surface area contributed by atoms with Crippen molar-refractivity contribution in [2.45, 2.75) is 6.54 Å². The molecule has 0 radical (unpaired) electrons. The maximum atomic E-state index is 12.5. The van der Waals surface area contributed by atoms with Crippen molar-refractivity contribution in [2.75, 3.05) is 44.7 Å². The molecular formula is C18H21ClN4O3S. The van der Waals surface area contributed by atoms with E-state index in [1.807, 2.05) is 27.1 Å². The number of hydrogen-bond acceptors (Lipinski definition) is 6. The highest BCUT2D eigenvalue weighted by Crippen LogP contribution is 2.31. The zero-order chi connectivity index (χ0) is 19.4. The van der Waals surface area contributed by atoms with Crippen LogP contribution in [0.25, 0.3) is 0 Å². The van der Waals surface area contributed by atoms with Crippen LogP contribution in [0.3, 0.4) is 0 Å². The minimum Gasteiger partial charge on any atom is -0.362 e. The number of hydrogen-bond donors (Lipinski definition) is 0. The Kier molecular flexibility index (Phi) is 6.30. The number of benzene rings is 1. The van der Waals surface area contributed by atoms with Gasteiger partial charge in [-0.2, -0.15) is 11.3 Å². The monoisotopic (exact) mass is 408 g/mol. The Morgan fingerprint density at radius 2 is 2.04 bits per heavy atom. The fourth-order valence-corrected chi connectivity index (χ4v) is 4.01. The van der Waals surface area contributed by atoms with E-state index in [0.717, 1.165) is 6.54 Å². The van der Waals surface area contributed by atoms with E-state index in [2.05, 4.69) is 11.4 Å². The van der Waals surface area contributed by atoms with Crippen LogP contribution in [0, 0.1) is 10.1 Å². The summed E-state index contributed by atoms with van der Waals surface area (Å²) in [7, 11) is 1.93. The molecule has 1 saturated heterocycles. The quantitative estimate of drug-likeness (QED) is 0.542. The van der Waals surface area contributed by atoms with Gasteiger partial charge in [0.15, 0.2) is 0 Å². The first kappa shape index (κ1) is 19.6. The summed E-state index contributed by atoms with van der Waals surface area (Å²) in [6.45, 7) is 3.31. The van der Waals surface area contributed by atoms with E-state index in [-0.39, 0.29) is 11.6 Å². The lowest BCUT2D eigenvalue weighted by Crippen LogP contribution is -2.51. The summed E-state index contributed by atoms with van der Waals surface area (Å²) >= 11 is 7.53. The average Bonchev–Trinajstić information content (AvgIpc) is 3.14. The van der Waals surface area contributed by atoms with Crippen LogP contribution in [-0.2, 0) is 11.3 Å². The number of nitro groups is 1. The van der Waals surface area contributed by atoms with Crippen molar-refractivity contribution < 1.29 is 9.72 Å². The summed E-state index contributed by atoms with van der Waals surface area (Å²) in [5.74, 6) is 0.0815. The van der Waals surface area contributed by atoms with E-state index in [1.165, 1.54) is 11.6 Å². The maximum Gasteiger partial charge on any atom is 0.294 e. The molecule has 2 heterocycles. The molecule has 0 saturated carbocycles. The Labute approximate surface area is 166 Å². The van der Waals surface area contributed by atoms with Gasteiger partial charge in [-0.3, -0.25) is 19.8 Å². The van der Waals surface area contributed by atoms with Crippen molar-refractivity contribution in [3.8, 4) is 0 Å². The van der Waals surface area contributed by atoms with E-state index < -0.39 is 4.92 Å². The third-order valence-corrected chi connectivity index (χ3v) is 5.51. The molecule has 3 rings (SSSR count). The summed E-state index contributed by atoms with van der Waals surface area (Å²) in [4.78, 5) is 29.2. The molecule has 0 spiro atoms. The highest BCUT2D eigenvalue weighted by atomic mass is 35.5. The lowest BCUT2D eigenvalue weighted by atomic mass is 10.2. The van der Waals surface area contributed by atoms with E-state index in [9.17, 15) is 14.9 Å². The molecule has 1 aliphatic heterocycles. The SMILES string of the molecule is CN(CC(=O)N1CCN(c2ccc(Cl)cc2[N+](=O)[O-])CC1)Cc1ccsc1. The minimum atomic E-state index is -0.419. The molecule has 1 fully saturated rings. The van der Waals surface area contributed by atoms with E-state index in [1.54, 1.807) is 23.5 Å². The van der Waals surface area contributed by atoms with Crippen LogP contribution in [0.4, 0.5) is 11.4 Å². The normalized spacial score (nSPS) is 14.6. The second-order valence-electron chi connectivity index (χ2n) is 6.56. The first-order valence-electron chi connectivity index (χ1n) is 8.60. The van der Waals surface area contributed by atoms with Gasteiger partial charge in [0.1, 0.15) is 5.69 Å². The highest BCUT2D eigenvalue weighted by Gasteiger charge is 2.26. The lowest BCUT2D eigenvalue weighted by Gasteiger charge is -2.36. The largest absolute Gasteiger partial charge is 0.362 e. The Bertz CT molecular complexity index is 807. The number of carbonyl (C=O) groups is 1. The number of thiophene rings is 1. The van der Waals surface area contributed by atoms with Gasteiger partial charge in [-0.1, -0.05) is 11.6 Å². The number of piperazine rings is 1. The lowest BCUT2D eigenvalue weighted by molar-refractivity contribution is -0.384. The number of carbonyl (C=O) groups excluding carboxylic acids is 1. The molecular weight excluding hydrogens is 388 g/mol. The van der Waals surface area contributed by atoms with Crippen LogP contribution in [0.1, 0.15) is 5.56 Å². The Balaban J connectivity index is 1.55.